The molecule has 0 amide bonds. The maximum atomic E-state index is 13.7. The van der Waals surface area contributed by atoms with Gasteiger partial charge < -0.3 is 0 Å². The number of hydrogen-bond donors (Lipinski definition) is 0. The van der Waals surface area contributed by atoms with Gasteiger partial charge in [-0.25, -0.2) is 13.2 Å². The van der Waals surface area contributed by atoms with Crippen LogP contribution in [0.25, 0.3) is 11.1 Å². The minimum absolute atomic E-state index is 0.0529. The highest BCUT2D eigenvalue weighted by Gasteiger charge is 2.18. The van der Waals surface area contributed by atoms with E-state index in [1.54, 1.807) is 6.92 Å². The summed E-state index contributed by atoms with van der Waals surface area (Å²) in [7, 11) is 0. The summed E-state index contributed by atoms with van der Waals surface area (Å²) >= 11 is 5.75. The van der Waals surface area contributed by atoms with E-state index in [0.29, 0.717) is 5.56 Å². The molecule has 0 heterocycles. The minimum Gasteiger partial charge on any atom is -0.206 e. The van der Waals surface area contributed by atoms with Gasteiger partial charge in [-0.3, -0.25) is 0 Å². The summed E-state index contributed by atoms with van der Waals surface area (Å²) in [6.07, 6.45) is 0. The molecule has 2 rings (SSSR count). The van der Waals surface area contributed by atoms with Crippen molar-refractivity contribution in [3.8, 4) is 11.1 Å². The van der Waals surface area contributed by atoms with Crippen LogP contribution in [0.5, 0.6) is 0 Å². The van der Waals surface area contributed by atoms with Gasteiger partial charge in [0.05, 0.1) is 10.6 Å². The second-order valence-electron chi connectivity index (χ2n) is 3.62. The molecule has 0 aliphatic carbocycles. The zero-order valence-electron chi connectivity index (χ0n) is 8.82. The lowest BCUT2D eigenvalue weighted by Gasteiger charge is -2.09. The zero-order valence-corrected chi connectivity index (χ0v) is 9.58. The molecular weight excluding hydrogens is 249 g/mol. The molecule has 0 atom stereocenters. The van der Waals surface area contributed by atoms with Crippen molar-refractivity contribution in [1.29, 1.82) is 0 Å². The van der Waals surface area contributed by atoms with E-state index in [-0.39, 0.29) is 10.6 Å². The predicted molar refractivity (Wildman–Crippen MR) is 60.3 cm³/mol. The molecule has 0 aliphatic rings. The van der Waals surface area contributed by atoms with Gasteiger partial charge in [-0.15, -0.1) is 0 Å². The van der Waals surface area contributed by atoms with Gasteiger partial charge in [-0.05, 0) is 36.8 Å². The fraction of sp³-hybridized carbons (Fsp3) is 0.0769. The smallest absolute Gasteiger partial charge is 0.140 e. The third-order valence-corrected chi connectivity index (χ3v) is 2.65. The van der Waals surface area contributed by atoms with E-state index in [2.05, 4.69) is 6.07 Å². The fourth-order valence-electron chi connectivity index (χ4n) is 1.62. The highest BCUT2D eigenvalue weighted by Crippen LogP contribution is 2.34. The molecule has 0 fully saturated rings. The SMILES string of the molecule is Cc1cc(F)c(-c2c(F)[c]ccc2Cl)c(F)c1. The van der Waals surface area contributed by atoms with Crippen molar-refractivity contribution < 1.29 is 13.2 Å². The van der Waals surface area contributed by atoms with Gasteiger partial charge in [-0.1, -0.05) is 11.6 Å². The largest absolute Gasteiger partial charge is 0.206 e. The summed E-state index contributed by atoms with van der Waals surface area (Å²) in [4.78, 5) is 0. The summed E-state index contributed by atoms with van der Waals surface area (Å²) in [5.41, 5.74) is -0.348. The van der Waals surface area contributed by atoms with Crippen molar-refractivity contribution in [3.63, 3.8) is 0 Å². The Morgan fingerprint density at radius 3 is 2.18 bits per heavy atom. The molecule has 0 bridgehead atoms. The quantitative estimate of drug-likeness (QED) is 0.702. The lowest BCUT2D eigenvalue weighted by Crippen LogP contribution is -1.95. The zero-order chi connectivity index (χ0) is 12.6. The lowest BCUT2D eigenvalue weighted by molar-refractivity contribution is 0.580. The Morgan fingerprint density at radius 1 is 1.06 bits per heavy atom. The average Bonchev–Trinajstić information content (AvgIpc) is 2.21. The molecule has 87 valence electrons. The predicted octanol–water partition coefficient (Wildman–Crippen LogP) is 4.53. The van der Waals surface area contributed by atoms with Crippen molar-refractivity contribution in [3.05, 3.63) is 58.4 Å². The van der Waals surface area contributed by atoms with Gasteiger partial charge in [-0.2, -0.15) is 0 Å². The second kappa shape index (κ2) is 4.41. The molecule has 0 saturated heterocycles. The molecule has 0 aromatic heterocycles. The molecular formula is C13H7ClF3. The molecule has 0 spiro atoms. The minimum atomic E-state index is -0.876. The van der Waals surface area contributed by atoms with E-state index in [4.69, 9.17) is 11.6 Å². The molecule has 2 aromatic carbocycles. The van der Waals surface area contributed by atoms with Crippen LogP contribution < -0.4 is 0 Å². The third-order valence-electron chi connectivity index (χ3n) is 2.33. The Bertz CT molecular complexity index is 536. The van der Waals surface area contributed by atoms with Crippen molar-refractivity contribution >= 4 is 11.6 Å². The monoisotopic (exact) mass is 255 g/mol. The molecule has 0 saturated carbocycles. The van der Waals surface area contributed by atoms with Crippen LogP contribution in [0.4, 0.5) is 13.2 Å². The van der Waals surface area contributed by atoms with Crippen molar-refractivity contribution in [1.82, 2.24) is 0 Å². The maximum Gasteiger partial charge on any atom is 0.140 e. The van der Waals surface area contributed by atoms with E-state index < -0.39 is 23.0 Å². The average molecular weight is 256 g/mol. The van der Waals surface area contributed by atoms with E-state index in [0.717, 1.165) is 12.1 Å². The standard InChI is InChI=1S/C13H7ClF3/c1-7-5-10(16)13(11(17)6-7)12-8(14)3-2-4-9(12)15/h2-3,5-6H,1H3. The summed E-state index contributed by atoms with van der Waals surface area (Å²) in [6, 6.07) is 7.06. The Labute approximate surface area is 102 Å². The van der Waals surface area contributed by atoms with Crippen molar-refractivity contribution in [2.45, 2.75) is 6.92 Å². The highest BCUT2D eigenvalue weighted by molar-refractivity contribution is 6.33. The first kappa shape index (κ1) is 12.0. The van der Waals surface area contributed by atoms with Gasteiger partial charge >= 0.3 is 0 Å². The van der Waals surface area contributed by atoms with Gasteiger partial charge in [0.1, 0.15) is 17.5 Å². The number of benzene rings is 2. The summed E-state index contributed by atoms with van der Waals surface area (Å²) in [5.74, 6) is -2.56. The highest BCUT2D eigenvalue weighted by atomic mass is 35.5. The van der Waals surface area contributed by atoms with Crippen LogP contribution in [0.2, 0.25) is 5.02 Å². The summed E-state index contributed by atoms with van der Waals surface area (Å²) < 4.78 is 40.9. The summed E-state index contributed by atoms with van der Waals surface area (Å²) in [5, 5.41) is -0.0529. The van der Waals surface area contributed by atoms with Crippen LogP contribution in [0, 0.1) is 30.4 Å². The Hall–Kier alpha value is -1.48. The number of halogens is 4. The molecule has 0 aliphatic heterocycles. The first-order chi connectivity index (χ1) is 8.00. The van der Waals surface area contributed by atoms with Gasteiger partial charge in [0.15, 0.2) is 0 Å². The number of hydrogen-bond acceptors (Lipinski definition) is 0. The van der Waals surface area contributed by atoms with E-state index in [1.165, 1.54) is 12.1 Å². The lowest BCUT2D eigenvalue weighted by atomic mass is 10.0. The molecule has 2 aromatic rings. The van der Waals surface area contributed by atoms with Crippen molar-refractivity contribution in [2.24, 2.45) is 0 Å². The van der Waals surface area contributed by atoms with Crippen LogP contribution in [-0.2, 0) is 0 Å². The maximum absolute atomic E-state index is 13.7. The first-order valence-corrected chi connectivity index (χ1v) is 5.20. The molecule has 0 nitrogen and oxygen atoms in total. The van der Waals surface area contributed by atoms with Gasteiger partial charge in [0.25, 0.3) is 0 Å². The fourth-order valence-corrected chi connectivity index (χ4v) is 1.86. The molecule has 17 heavy (non-hydrogen) atoms. The van der Waals surface area contributed by atoms with E-state index >= 15 is 0 Å². The van der Waals surface area contributed by atoms with Gasteiger partial charge in [0.2, 0.25) is 0 Å². The number of rotatable bonds is 1. The second-order valence-corrected chi connectivity index (χ2v) is 4.03. The third kappa shape index (κ3) is 2.15. The van der Waals surface area contributed by atoms with E-state index in [9.17, 15) is 13.2 Å². The van der Waals surface area contributed by atoms with Gasteiger partial charge in [0, 0.05) is 11.6 Å². The van der Waals surface area contributed by atoms with Crippen LogP contribution in [0.1, 0.15) is 5.56 Å². The Balaban J connectivity index is 2.77. The van der Waals surface area contributed by atoms with Crippen LogP contribution in [0.3, 0.4) is 0 Å². The molecule has 0 unspecified atom stereocenters. The summed E-state index contributed by atoms with van der Waals surface area (Å²) in [6.45, 7) is 1.55. The van der Waals surface area contributed by atoms with Crippen molar-refractivity contribution in [2.75, 3.05) is 0 Å². The Kier molecular flexibility index (Phi) is 3.11. The van der Waals surface area contributed by atoms with Crippen LogP contribution >= 0.6 is 11.6 Å². The molecule has 0 N–H and O–H groups in total. The topological polar surface area (TPSA) is 0 Å². The molecule has 1 radical (unpaired) electrons. The van der Waals surface area contributed by atoms with Crippen LogP contribution in [0.15, 0.2) is 24.3 Å². The first-order valence-electron chi connectivity index (χ1n) is 4.82. The van der Waals surface area contributed by atoms with Crippen LogP contribution in [-0.4, -0.2) is 0 Å². The molecule has 4 heteroatoms. The normalized spacial score (nSPS) is 10.6. The Morgan fingerprint density at radius 2 is 1.65 bits per heavy atom. The van der Waals surface area contributed by atoms with E-state index in [1.807, 2.05) is 0 Å². The number of aryl methyl sites for hydroxylation is 1.